The third kappa shape index (κ3) is 9.86. The first kappa shape index (κ1) is 32.6. The minimum atomic E-state index is -1.14. The molecule has 0 aromatic heterocycles. The van der Waals surface area contributed by atoms with E-state index in [1.165, 1.54) is 11.1 Å². The molecule has 4 rings (SSSR count). The quantitative estimate of drug-likeness (QED) is 0.265. The van der Waals surface area contributed by atoms with Gasteiger partial charge in [0.15, 0.2) is 0 Å². The zero-order valence-corrected chi connectivity index (χ0v) is 26.6. The molecule has 0 radical (unpaired) electrons. The predicted molar refractivity (Wildman–Crippen MR) is 171 cm³/mol. The van der Waals surface area contributed by atoms with E-state index in [1.807, 2.05) is 24.3 Å². The molecule has 3 aromatic carbocycles. The number of fused-ring (bicyclic) bond motifs is 1. The minimum absolute atomic E-state index is 0.312. The lowest BCUT2D eigenvalue weighted by Crippen LogP contribution is -2.50. The molecule has 1 aliphatic rings. The van der Waals surface area contributed by atoms with Gasteiger partial charge < -0.3 is 24.4 Å². The zero-order chi connectivity index (χ0) is 31.9. The van der Waals surface area contributed by atoms with Crippen molar-refractivity contribution in [1.29, 1.82) is 0 Å². The number of esters is 1. The SMILES string of the molecule is CC(C)(C)OC(=O)C[C@@H](NC(=O)OC(C)(C)C)C(=O)N1CCc2cc(OCc3ccc(CCc4ccccc4)cc3)ccc21. The molecular formula is C36H44N2O6. The zero-order valence-electron chi connectivity index (χ0n) is 26.6. The summed E-state index contributed by atoms with van der Waals surface area (Å²) in [5, 5.41) is 2.59. The number of anilines is 1. The van der Waals surface area contributed by atoms with Gasteiger partial charge in [-0.05, 0) is 101 Å². The van der Waals surface area contributed by atoms with Crippen LogP contribution in [0.1, 0.15) is 70.2 Å². The molecule has 0 aliphatic carbocycles. The van der Waals surface area contributed by atoms with Crippen LogP contribution in [0.3, 0.4) is 0 Å². The summed E-state index contributed by atoms with van der Waals surface area (Å²) in [7, 11) is 0. The molecular weight excluding hydrogens is 556 g/mol. The van der Waals surface area contributed by atoms with Gasteiger partial charge >= 0.3 is 12.1 Å². The molecule has 44 heavy (non-hydrogen) atoms. The number of aryl methyl sites for hydroxylation is 2. The molecule has 1 heterocycles. The first-order valence-electron chi connectivity index (χ1n) is 15.2. The number of nitrogens with zero attached hydrogens (tertiary/aromatic N) is 1. The number of alkyl carbamates (subject to hydrolysis) is 1. The fourth-order valence-corrected chi connectivity index (χ4v) is 4.99. The van der Waals surface area contributed by atoms with Gasteiger partial charge in [-0.2, -0.15) is 0 Å². The lowest BCUT2D eigenvalue weighted by Gasteiger charge is -2.27. The molecule has 8 nitrogen and oxygen atoms in total. The van der Waals surface area contributed by atoms with E-state index in [0.29, 0.717) is 25.3 Å². The fourth-order valence-electron chi connectivity index (χ4n) is 4.99. The number of carbonyl (C=O) groups is 3. The van der Waals surface area contributed by atoms with Crippen molar-refractivity contribution in [3.8, 4) is 5.75 Å². The topological polar surface area (TPSA) is 94.2 Å². The number of benzene rings is 3. The van der Waals surface area contributed by atoms with Crippen LogP contribution in [0, 0.1) is 0 Å². The van der Waals surface area contributed by atoms with E-state index in [9.17, 15) is 14.4 Å². The van der Waals surface area contributed by atoms with Crippen molar-refractivity contribution in [2.75, 3.05) is 11.4 Å². The highest BCUT2D eigenvalue weighted by Gasteiger charge is 2.35. The summed E-state index contributed by atoms with van der Waals surface area (Å²) in [6.07, 6.45) is 1.53. The van der Waals surface area contributed by atoms with E-state index in [-0.39, 0.29) is 6.42 Å². The van der Waals surface area contributed by atoms with Crippen LogP contribution in [-0.2, 0) is 44.9 Å². The largest absolute Gasteiger partial charge is 0.489 e. The lowest BCUT2D eigenvalue weighted by atomic mass is 10.0. The normalized spacial score (nSPS) is 13.5. The lowest BCUT2D eigenvalue weighted by molar-refractivity contribution is -0.156. The predicted octanol–water partition coefficient (Wildman–Crippen LogP) is 6.57. The summed E-state index contributed by atoms with van der Waals surface area (Å²) in [6, 6.07) is 23.4. The molecule has 3 aromatic rings. The van der Waals surface area contributed by atoms with Crippen LogP contribution in [0.5, 0.6) is 5.75 Å². The van der Waals surface area contributed by atoms with Gasteiger partial charge in [0.2, 0.25) is 5.91 Å². The summed E-state index contributed by atoms with van der Waals surface area (Å²) in [5.41, 5.74) is 3.89. The van der Waals surface area contributed by atoms with Gasteiger partial charge in [0.25, 0.3) is 0 Å². The molecule has 8 heteroatoms. The second-order valence-electron chi connectivity index (χ2n) is 13.1. The van der Waals surface area contributed by atoms with E-state index in [4.69, 9.17) is 14.2 Å². The maximum Gasteiger partial charge on any atom is 0.408 e. The Labute approximate surface area is 260 Å². The Morgan fingerprint density at radius 3 is 2.05 bits per heavy atom. The van der Waals surface area contributed by atoms with Crippen molar-refractivity contribution in [3.63, 3.8) is 0 Å². The summed E-state index contributed by atoms with van der Waals surface area (Å²) in [5.74, 6) is -0.274. The highest BCUT2D eigenvalue weighted by atomic mass is 16.6. The average molecular weight is 601 g/mol. The molecule has 234 valence electrons. The van der Waals surface area contributed by atoms with Crippen molar-refractivity contribution in [3.05, 3.63) is 95.1 Å². The maximum absolute atomic E-state index is 13.7. The summed E-state index contributed by atoms with van der Waals surface area (Å²) >= 11 is 0. The van der Waals surface area contributed by atoms with Crippen LogP contribution >= 0.6 is 0 Å². The van der Waals surface area contributed by atoms with Crippen LogP contribution in [0.4, 0.5) is 10.5 Å². The van der Waals surface area contributed by atoms with Crippen LogP contribution in [0.25, 0.3) is 0 Å². The highest BCUT2D eigenvalue weighted by molar-refractivity contribution is 6.02. The van der Waals surface area contributed by atoms with Gasteiger partial charge in [-0.15, -0.1) is 0 Å². The van der Waals surface area contributed by atoms with E-state index >= 15 is 0 Å². The standard InChI is InChI=1S/C36H44N2O6/c1-35(2,3)43-32(39)23-30(37-34(41)44-36(4,5)6)33(40)38-21-20-28-22-29(18-19-31(28)38)42-24-27-16-14-26(15-17-27)13-12-25-10-8-7-9-11-25/h7-11,14-19,22,30H,12-13,20-21,23-24H2,1-6H3,(H,37,41)/t30-/m1/s1. The third-order valence-electron chi connectivity index (χ3n) is 6.97. The fraction of sp³-hybridized carbons (Fsp3) is 0.417. The van der Waals surface area contributed by atoms with Gasteiger partial charge in [-0.25, -0.2) is 4.79 Å². The number of hydrogen-bond acceptors (Lipinski definition) is 6. The van der Waals surface area contributed by atoms with Crippen molar-refractivity contribution in [1.82, 2.24) is 5.32 Å². The molecule has 0 saturated carbocycles. The Morgan fingerprint density at radius 1 is 0.795 bits per heavy atom. The van der Waals surface area contributed by atoms with Gasteiger partial charge in [0, 0.05) is 12.2 Å². The molecule has 0 fully saturated rings. The molecule has 0 spiro atoms. The Hall–Kier alpha value is -4.33. The average Bonchev–Trinajstić information content (AvgIpc) is 3.36. The van der Waals surface area contributed by atoms with E-state index in [0.717, 1.165) is 29.7 Å². The van der Waals surface area contributed by atoms with E-state index < -0.39 is 35.2 Å². The van der Waals surface area contributed by atoms with Crippen molar-refractivity contribution in [2.45, 2.75) is 91.1 Å². The number of rotatable bonds is 10. The Kier molecular flexibility index (Phi) is 10.3. The first-order chi connectivity index (χ1) is 20.8. The number of hydrogen-bond donors (Lipinski definition) is 1. The second-order valence-corrected chi connectivity index (χ2v) is 13.1. The van der Waals surface area contributed by atoms with Crippen LogP contribution in [0.2, 0.25) is 0 Å². The van der Waals surface area contributed by atoms with Crippen LogP contribution in [-0.4, -0.2) is 41.8 Å². The molecule has 1 N–H and O–H groups in total. The summed E-state index contributed by atoms with van der Waals surface area (Å²) in [4.78, 5) is 40.5. The van der Waals surface area contributed by atoms with E-state index in [1.54, 1.807) is 46.4 Å². The number of amides is 2. The second kappa shape index (κ2) is 14.0. The Bertz CT molecular complexity index is 1410. The van der Waals surface area contributed by atoms with Crippen molar-refractivity contribution in [2.24, 2.45) is 0 Å². The van der Waals surface area contributed by atoms with Crippen molar-refractivity contribution < 1.29 is 28.6 Å². The van der Waals surface area contributed by atoms with Gasteiger partial charge in [0.1, 0.15) is 29.6 Å². The van der Waals surface area contributed by atoms with Gasteiger partial charge in [0.05, 0.1) is 6.42 Å². The molecule has 1 aliphatic heterocycles. The molecule has 1 atom stereocenters. The maximum atomic E-state index is 13.7. The van der Waals surface area contributed by atoms with Crippen molar-refractivity contribution >= 4 is 23.7 Å². The van der Waals surface area contributed by atoms with Crippen LogP contribution < -0.4 is 15.0 Å². The molecule has 2 amide bonds. The highest BCUT2D eigenvalue weighted by Crippen LogP contribution is 2.32. The third-order valence-corrected chi connectivity index (χ3v) is 6.97. The monoisotopic (exact) mass is 600 g/mol. The Morgan fingerprint density at radius 2 is 1.41 bits per heavy atom. The first-order valence-corrected chi connectivity index (χ1v) is 15.2. The minimum Gasteiger partial charge on any atom is -0.489 e. The number of ether oxygens (including phenoxy) is 3. The number of nitrogens with one attached hydrogen (secondary N) is 1. The number of carbonyl (C=O) groups excluding carboxylic acids is 3. The van der Waals surface area contributed by atoms with Gasteiger partial charge in [-0.3, -0.25) is 9.59 Å². The molecule has 0 unspecified atom stereocenters. The summed E-state index contributed by atoms with van der Waals surface area (Å²) < 4.78 is 16.9. The summed E-state index contributed by atoms with van der Waals surface area (Å²) in [6.45, 7) is 11.3. The van der Waals surface area contributed by atoms with Crippen LogP contribution in [0.15, 0.2) is 72.8 Å². The smallest absolute Gasteiger partial charge is 0.408 e. The molecule has 0 bridgehead atoms. The Balaban J connectivity index is 1.38. The van der Waals surface area contributed by atoms with Gasteiger partial charge in [-0.1, -0.05) is 54.6 Å². The van der Waals surface area contributed by atoms with E-state index in [2.05, 4.69) is 53.8 Å². The molecule has 0 saturated heterocycles.